The van der Waals surface area contributed by atoms with Crippen LogP contribution >= 0.6 is 0 Å². The summed E-state index contributed by atoms with van der Waals surface area (Å²) in [6.07, 6.45) is 0. The van der Waals surface area contributed by atoms with E-state index in [-0.39, 0.29) is 41.1 Å². The van der Waals surface area contributed by atoms with Gasteiger partial charge in [-0.3, -0.25) is 0 Å². The summed E-state index contributed by atoms with van der Waals surface area (Å²) < 4.78 is 0. The number of para-hydroxylation sites is 2. The molecule has 0 heterocycles. The van der Waals surface area contributed by atoms with Gasteiger partial charge in [-0.05, 0) is 12.1 Å². The summed E-state index contributed by atoms with van der Waals surface area (Å²) >= 11 is 0. The number of phenolic OH excluding ortho intramolecular Hbond substituents is 2. The Balaban J connectivity index is 0.000000640. The van der Waals surface area contributed by atoms with Crippen molar-refractivity contribution in [3.8, 4) is 11.5 Å². The Hall–Kier alpha value is -0.180. The van der Waals surface area contributed by atoms with Gasteiger partial charge in [0.25, 0.3) is 0 Å². The quantitative estimate of drug-likeness (QED) is 0.404. The number of hydrogen-bond acceptors (Lipinski definition) is 2. The van der Waals surface area contributed by atoms with E-state index < -0.39 is 0 Å². The predicted octanol–water partition coefficient (Wildman–Crippen LogP) is 0.717. The molecule has 0 aromatic heterocycles. The summed E-state index contributed by atoms with van der Waals surface area (Å²) in [6.45, 7) is 0. The Labute approximate surface area is 75.4 Å². The van der Waals surface area contributed by atoms with Crippen molar-refractivity contribution in [3.05, 3.63) is 24.3 Å². The van der Waals surface area contributed by atoms with Crippen LogP contribution in [0.15, 0.2) is 24.3 Å². The first kappa shape index (κ1) is 8.82. The van der Waals surface area contributed by atoms with Crippen molar-refractivity contribution in [2.75, 3.05) is 0 Å². The van der Waals surface area contributed by atoms with Gasteiger partial charge in [-0.15, -0.1) is 0 Å². The van der Waals surface area contributed by atoms with Crippen molar-refractivity contribution in [2.24, 2.45) is 0 Å². The third-order valence-corrected chi connectivity index (χ3v) is 0.882. The third kappa shape index (κ3) is 2.26. The van der Waals surface area contributed by atoms with Gasteiger partial charge in [0.05, 0.1) is 0 Å². The molecule has 9 heavy (non-hydrogen) atoms. The molecule has 2 N–H and O–H groups in total. The standard InChI is InChI=1S/C6H6O2.Na/c7-5-3-1-2-4-6(5)8;/h1-4,7-8H;. The molecule has 0 saturated carbocycles. The topological polar surface area (TPSA) is 40.5 Å². The molecule has 0 atom stereocenters. The van der Waals surface area contributed by atoms with E-state index in [1.807, 2.05) is 0 Å². The first-order valence-corrected chi connectivity index (χ1v) is 2.27. The van der Waals surface area contributed by atoms with Crippen LogP contribution in [0.5, 0.6) is 11.5 Å². The van der Waals surface area contributed by atoms with E-state index in [2.05, 4.69) is 0 Å². The molecule has 0 fully saturated rings. The van der Waals surface area contributed by atoms with E-state index in [1.165, 1.54) is 12.1 Å². The zero-order valence-electron chi connectivity index (χ0n) is 5.20. The zero-order valence-corrected chi connectivity index (χ0v) is 7.20. The van der Waals surface area contributed by atoms with E-state index in [4.69, 9.17) is 10.2 Å². The Kier molecular flexibility index (Phi) is 3.70. The molecule has 43 valence electrons. The maximum Gasteiger partial charge on any atom is 0.157 e. The number of rotatable bonds is 0. The number of hydrogen-bond donors (Lipinski definition) is 2. The summed E-state index contributed by atoms with van der Waals surface area (Å²) in [5.41, 5.74) is 0. The molecule has 0 aliphatic carbocycles. The van der Waals surface area contributed by atoms with Crippen molar-refractivity contribution < 1.29 is 10.2 Å². The largest absolute Gasteiger partial charge is 0.504 e. The fourth-order valence-corrected chi connectivity index (χ4v) is 0.464. The van der Waals surface area contributed by atoms with Crippen LogP contribution in [-0.4, -0.2) is 39.8 Å². The van der Waals surface area contributed by atoms with Gasteiger partial charge < -0.3 is 10.2 Å². The minimum atomic E-state index is -0.0764. The van der Waals surface area contributed by atoms with Gasteiger partial charge in [-0.1, -0.05) is 12.1 Å². The summed E-state index contributed by atoms with van der Waals surface area (Å²) in [5.74, 6) is -0.153. The summed E-state index contributed by atoms with van der Waals surface area (Å²) in [4.78, 5) is 0. The van der Waals surface area contributed by atoms with E-state index >= 15 is 0 Å². The summed E-state index contributed by atoms with van der Waals surface area (Å²) in [5, 5.41) is 17.3. The van der Waals surface area contributed by atoms with Crippen LogP contribution in [0.4, 0.5) is 0 Å². The van der Waals surface area contributed by atoms with Gasteiger partial charge in [0.15, 0.2) is 11.5 Å². The van der Waals surface area contributed by atoms with Crippen LogP contribution in [0, 0.1) is 0 Å². The van der Waals surface area contributed by atoms with Crippen molar-refractivity contribution in [2.45, 2.75) is 0 Å². The average Bonchev–Trinajstić information content (AvgIpc) is 1.77. The summed E-state index contributed by atoms with van der Waals surface area (Å²) in [7, 11) is 0. The van der Waals surface area contributed by atoms with Crippen LogP contribution < -0.4 is 0 Å². The number of phenols is 2. The molecule has 3 heteroatoms. The predicted molar refractivity (Wildman–Crippen MR) is 35.5 cm³/mol. The van der Waals surface area contributed by atoms with Crippen LogP contribution in [0.2, 0.25) is 0 Å². The van der Waals surface area contributed by atoms with Crippen molar-refractivity contribution in [3.63, 3.8) is 0 Å². The Morgan fingerprint density at radius 3 is 1.44 bits per heavy atom. The van der Waals surface area contributed by atoms with Gasteiger partial charge >= 0.3 is 0 Å². The molecule has 0 saturated heterocycles. The fraction of sp³-hybridized carbons (Fsp3) is 0. The molecular formula is C6H6NaO2. The van der Waals surface area contributed by atoms with Gasteiger partial charge in [0.1, 0.15) is 0 Å². The van der Waals surface area contributed by atoms with E-state index in [0.717, 1.165) is 0 Å². The Bertz CT molecular complexity index is 167. The van der Waals surface area contributed by atoms with E-state index in [1.54, 1.807) is 12.1 Å². The van der Waals surface area contributed by atoms with Gasteiger partial charge in [-0.25, -0.2) is 0 Å². The molecule has 1 radical (unpaired) electrons. The minimum absolute atomic E-state index is 0. The van der Waals surface area contributed by atoms with Gasteiger partial charge in [0, 0.05) is 29.6 Å². The molecule has 0 aliphatic heterocycles. The first-order valence-electron chi connectivity index (χ1n) is 2.27. The normalized spacial score (nSPS) is 8.00. The molecule has 2 nitrogen and oxygen atoms in total. The first-order chi connectivity index (χ1) is 3.80. The van der Waals surface area contributed by atoms with Crippen molar-refractivity contribution in [1.82, 2.24) is 0 Å². The van der Waals surface area contributed by atoms with Crippen LogP contribution in [0.25, 0.3) is 0 Å². The fourth-order valence-electron chi connectivity index (χ4n) is 0.464. The van der Waals surface area contributed by atoms with Gasteiger partial charge in [-0.2, -0.15) is 0 Å². The van der Waals surface area contributed by atoms with Crippen LogP contribution in [-0.2, 0) is 0 Å². The van der Waals surface area contributed by atoms with E-state index in [0.29, 0.717) is 0 Å². The van der Waals surface area contributed by atoms with Gasteiger partial charge in [0.2, 0.25) is 0 Å². The number of aromatic hydroxyl groups is 2. The molecule has 0 unspecified atom stereocenters. The molecule has 0 aliphatic rings. The second-order valence-corrected chi connectivity index (χ2v) is 1.49. The molecule has 1 rings (SSSR count). The second-order valence-electron chi connectivity index (χ2n) is 1.49. The molecule has 0 bridgehead atoms. The maximum absolute atomic E-state index is 8.67. The third-order valence-electron chi connectivity index (χ3n) is 0.882. The summed E-state index contributed by atoms with van der Waals surface area (Å²) in [6, 6.07) is 6.15. The van der Waals surface area contributed by atoms with Crippen LogP contribution in [0.3, 0.4) is 0 Å². The molecule has 0 spiro atoms. The maximum atomic E-state index is 8.67. The van der Waals surface area contributed by atoms with Crippen LogP contribution in [0.1, 0.15) is 0 Å². The molecular weight excluding hydrogens is 127 g/mol. The SMILES string of the molecule is Oc1ccccc1O.[Na]. The Morgan fingerprint density at radius 2 is 1.22 bits per heavy atom. The Morgan fingerprint density at radius 1 is 0.889 bits per heavy atom. The molecule has 0 amide bonds. The molecule has 1 aromatic rings. The van der Waals surface area contributed by atoms with Crippen molar-refractivity contribution in [1.29, 1.82) is 0 Å². The molecule has 1 aromatic carbocycles. The number of benzene rings is 1. The second kappa shape index (κ2) is 3.77. The zero-order chi connectivity index (χ0) is 5.98. The minimum Gasteiger partial charge on any atom is -0.504 e. The monoisotopic (exact) mass is 133 g/mol. The smallest absolute Gasteiger partial charge is 0.157 e. The van der Waals surface area contributed by atoms with Crippen molar-refractivity contribution >= 4 is 29.6 Å². The van der Waals surface area contributed by atoms with E-state index in [9.17, 15) is 0 Å². The average molecular weight is 133 g/mol.